The van der Waals surface area contributed by atoms with E-state index in [1.807, 2.05) is 43.3 Å². The summed E-state index contributed by atoms with van der Waals surface area (Å²) in [7, 11) is 3.91. The minimum absolute atomic E-state index is 0.00340. The lowest BCUT2D eigenvalue weighted by Gasteiger charge is -2.37. The van der Waals surface area contributed by atoms with E-state index >= 15 is 0 Å². The summed E-state index contributed by atoms with van der Waals surface area (Å²) in [6.07, 6.45) is 1.61. The third kappa shape index (κ3) is 3.26. The van der Waals surface area contributed by atoms with Gasteiger partial charge in [0.25, 0.3) is 5.91 Å². The summed E-state index contributed by atoms with van der Waals surface area (Å²) in [6, 6.07) is 7.60. The van der Waals surface area contributed by atoms with Gasteiger partial charge in [-0.05, 0) is 38.0 Å². The number of amides is 1. The summed E-state index contributed by atoms with van der Waals surface area (Å²) in [4.78, 5) is 16.2. The number of hydrogen-bond acceptors (Lipinski definition) is 3. The normalized spacial score (nSPS) is 23.3. The van der Waals surface area contributed by atoms with E-state index in [9.17, 15) is 9.90 Å². The first kappa shape index (κ1) is 13.9. The summed E-state index contributed by atoms with van der Waals surface area (Å²) in [6.45, 7) is 2.93. The van der Waals surface area contributed by atoms with E-state index < -0.39 is 5.60 Å². The molecule has 1 saturated heterocycles. The van der Waals surface area contributed by atoms with Gasteiger partial charge in [-0.15, -0.1) is 0 Å². The van der Waals surface area contributed by atoms with Gasteiger partial charge >= 0.3 is 0 Å². The molecule has 2 rings (SSSR count). The molecule has 0 aromatic heterocycles. The topological polar surface area (TPSA) is 43.8 Å². The second-order valence-corrected chi connectivity index (χ2v) is 5.77. The maximum Gasteiger partial charge on any atom is 0.254 e. The van der Waals surface area contributed by atoms with Gasteiger partial charge in [0.05, 0.1) is 5.60 Å². The van der Waals surface area contributed by atoms with E-state index in [1.54, 1.807) is 11.8 Å². The Labute approximate surface area is 114 Å². The van der Waals surface area contributed by atoms with E-state index in [0.29, 0.717) is 12.1 Å². The quantitative estimate of drug-likeness (QED) is 0.883. The molecule has 1 aromatic rings. The fourth-order valence-corrected chi connectivity index (χ4v) is 2.49. The minimum atomic E-state index is -0.757. The maximum absolute atomic E-state index is 12.5. The highest BCUT2D eigenvalue weighted by Crippen LogP contribution is 2.23. The first-order valence-corrected chi connectivity index (χ1v) is 6.68. The van der Waals surface area contributed by atoms with Gasteiger partial charge in [-0.25, -0.2) is 0 Å². The van der Waals surface area contributed by atoms with Crippen molar-refractivity contribution in [2.45, 2.75) is 25.4 Å². The van der Waals surface area contributed by atoms with Gasteiger partial charge in [0, 0.05) is 38.4 Å². The molecule has 1 aromatic carbocycles. The number of β-amino-alcohol motifs (C(OH)–C–C–N with tert-alkyl or cyclic N) is 1. The summed E-state index contributed by atoms with van der Waals surface area (Å²) < 4.78 is 0. The minimum Gasteiger partial charge on any atom is -0.388 e. The molecule has 0 radical (unpaired) electrons. The van der Waals surface area contributed by atoms with Crippen molar-refractivity contribution in [2.24, 2.45) is 0 Å². The van der Waals surface area contributed by atoms with Crippen LogP contribution in [0, 0.1) is 0 Å². The second kappa shape index (κ2) is 5.21. The standard InChI is InChI=1S/C15H22N2O2/c1-15(19)8-5-9-17(11-15)14(18)12-6-4-7-13(10-12)16(2)3/h4,6-7,10,19H,5,8-9,11H2,1-3H3. The lowest BCUT2D eigenvalue weighted by atomic mass is 9.94. The highest BCUT2D eigenvalue weighted by molar-refractivity contribution is 5.95. The van der Waals surface area contributed by atoms with Crippen molar-refractivity contribution in [3.05, 3.63) is 29.8 Å². The molecular formula is C15H22N2O2. The zero-order chi connectivity index (χ0) is 14.0. The maximum atomic E-state index is 12.5. The van der Waals surface area contributed by atoms with Crippen LogP contribution in [0.25, 0.3) is 0 Å². The van der Waals surface area contributed by atoms with E-state index in [1.165, 1.54) is 0 Å². The molecule has 1 unspecified atom stereocenters. The molecule has 1 atom stereocenters. The van der Waals surface area contributed by atoms with Crippen LogP contribution in [0.2, 0.25) is 0 Å². The van der Waals surface area contributed by atoms with Crippen LogP contribution in [0.5, 0.6) is 0 Å². The molecule has 4 heteroatoms. The molecule has 1 fully saturated rings. The van der Waals surface area contributed by atoms with Gasteiger partial charge < -0.3 is 14.9 Å². The van der Waals surface area contributed by atoms with E-state index in [0.717, 1.165) is 25.1 Å². The lowest BCUT2D eigenvalue weighted by molar-refractivity contribution is -0.0107. The number of aliphatic hydroxyl groups is 1. The number of hydrogen-bond donors (Lipinski definition) is 1. The number of anilines is 1. The smallest absolute Gasteiger partial charge is 0.254 e. The van der Waals surface area contributed by atoms with E-state index in [4.69, 9.17) is 0 Å². The van der Waals surface area contributed by atoms with Crippen LogP contribution < -0.4 is 4.90 Å². The third-order valence-electron chi connectivity index (χ3n) is 3.57. The number of carbonyl (C=O) groups excluding carboxylic acids is 1. The molecule has 104 valence electrons. The van der Waals surface area contributed by atoms with Crippen molar-refractivity contribution in [2.75, 3.05) is 32.1 Å². The van der Waals surface area contributed by atoms with Crippen molar-refractivity contribution in [3.8, 4) is 0 Å². The van der Waals surface area contributed by atoms with Crippen molar-refractivity contribution < 1.29 is 9.90 Å². The largest absolute Gasteiger partial charge is 0.388 e. The SMILES string of the molecule is CN(C)c1cccc(C(=O)N2CCCC(C)(O)C2)c1. The lowest BCUT2D eigenvalue weighted by Crippen LogP contribution is -2.48. The van der Waals surface area contributed by atoms with Gasteiger partial charge in [-0.3, -0.25) is 4.79 Å². The molecule has 1 amide bonds. The molecule has 1 aliphatic heterocycles. The van der Waals surface area contributed by atoms with Crippen LogP contribution in [-0.2, 0) is 0 Å². The second-order valence-electron chi connectivity index (χ2n) is 5.77. The van der Waals surface area contributed by atoms with E-state index in [2.05, 4.69) is 0 Å². The average molecular weight is 262 g/mol. The first-order chi connectivity index (χ1) is 8.89. The summed E-state index contributed by atoms with van der Waals surface area (Å²) in [5.41, 5.74) is 0.936. The Balaban J connectivity index is 2.17. The monoisotopic (exact) mass is 262 g/mol. The van der Waals surface area contributed by atoms with Crippen molar-refractivity contribution in [1.82, 2.24) is 4.90 Å². The van der Waals surface area contributed by atoms with Crippen LogP contribution in [-0.4, -0.2) is 48.7 Å². The molecule has 0 aliphatic carbocycles. The van der Waals surface area contributed by atoms with E-state index in [-0.39, 0.29) is 5.91 Å². The van der Waals surface area contributed by atoms with Crippen molar-refractivity contribution in [1.29, 1.82) is 0 Å². The van der Waals surface area contributed by atoms with Crippen LogP contribution >= 0.6 is 0 Å². The Kier molecular flexibility index (Phi) is 3.80. The first-order valence-electron chi connectivity index (χ1n) is 6.68. The third-order valence-corrected chi connectivity index (χ3v) is 3.57. The molecule has 1 heterocycles. The molecule has 0 bridgehead atoms. The Bertz CT molecular complexity index is 469. The zero-order valence-corrected chi connectivity index (χ0v) is 11.9. The predicted octanol–water partition coefficient (Wildman–Crippen LogP) is 1.74. The van der Waals surface area contributed by atoms with Crippen LogP contribution in [0.3, 0.4) is 0 Å². The zero-order valence-electron chi connectivity index (χ0n) is 11.9. The summed E-state index contributed by atoms with van der Waals surface area (Å²) in [5.74, 6) is 0.00340. The molecule has 19 heavy (non-hydrogen) atoms. The highest BCUT2D eigenvalue weighted by atomic mass is 16.3. The molecule has 0 saturated carbocycles. The predicted molar refractivity (Wildman–Crippen MR) is 76.5 cm³/mol. The number of nitrogens with zero attached hydrogens (tertiary/aromatic N) is 2. The van der Waals surface area contributed by atoms with Gasteiger partial charge in [0.2, 0.25) is 0 Å². The van der Waals surface area contributed by atoms with Crippen molar-refractivity contribution >= 4 is 11.6 Å². The van der Waals surface area contributed by atoms with Gasteiger partial charge in [-0.1, -0.05) is 6.07 Å². The highest BCUT2D eigenvalue weighted by Gasteiger charge is 2.31. The van der Waals surface area contributed by atoms with Crippen LogP contribution in [0.4, 0.5) is 5.69 Å². The Hall–Kier alpha value is -1.55. The fourth-order valence-electron chi connectivity index (χ4n) is 2.49. The Morgan fingerprint density at radius 1 is 1.42 bits per heavy atom. The van der Waals surface area contributed by atoms with Gasteiger partial charge in [0.15, 0.2) is 0 Å². The molecule has 4 nitrogen and oxygen atoms in total. The molecule has 1 aliphatic rings. The Morgan fingerprint density at radius 3 is 2.79 bits per heavy atom. The van der Waals surface area contributed by atoms with Crippen molar-refractivity contribution in [3.63, 3.8) is 0 Å². The van der Waals surface area contributed by atoms with Gasteiger partial charge in [0.1, 0.15) is 0 Å². The summed E-state index contributed by atoms with van der Waals surface area (Å²) in [5, 5.41) is 10.1. The fraction of sp³-hybridized carbons (Fsp3) is 0.533. The van der Waals surface area contributed by atoms with Crippen LogP contribution in [0.15, 0.2) is 24.3 Å². The molecule has 1 N–H and O–H groups in total. The Morgan fingerprint density at radius 2 is 2.16 bits per heavy atom. The summed E-state index contributed by atoms with van der Waals surface area (Å²) >= 11 is 0. The van der Waals surface area contributed by atoms with Crippen LogP contribution in [0.1, 0.15) is 30.1 Å². The number of likely N-dealkylation sites (tertiary alicyclic amines) is 1. The molecule has 0 spiro atoms. The average Bonchev–Trinajstić information content (AvgIpc) is 2.37. The number of piperidine rings is 1. The van der Waals surface area contributed by atoms with Gasteiger partial charge in [-0.2, -0.15) is 0 Å². The number of benzene rings is 1. The number of carbonyl (C=O) groups is 1. The molecular weight excluding hydrogens is 240 g/mol. The number of rotatable bonds is 2.